The molecular weight excluding hydrogens is 270 g/mol. The van der Waals surface area contributed by atoms with Crippen molar-refractivity contribution >= 4 is 10.9 Å². The first-order valence-corrected chi connectivity index (χ1v) is 8.02. The van der Waals surface area contributed by atoms with E-state index in [4.69, 9.17) is 0 Å². The fraction of sp³-hybridized carbons (Fsp3) is 0.316. The van der Waals surface area contributed by atoms with Crippen LogP contribution in [-0.4, -0.2) is 34.5 Å². The van der Waals surface area contributed by atoms with E-state index in [-0.39, 0.29) is 0 Å². The van der Waals surface area contributed by atoms with Crippen LogP contribution in [0.25, 0.3) is 22.0 Å². The fourth-order valence-electron chi connectivity index (χ4n) is 3.56. The third-order valence-electron chi connectivity index (χ3n) is 4.91. The molecule has 1 aliphatic rings. The summed E-state index contributed by atoms with van der Waals surface area (Å²) in [6, 6.07) is 11.5. The number of likely N-dealkylation sites (tertiary alicyclic amines) is 1. The molecule has 3 aromatic rings. The van der Waals surface area contributed by atoms with E-state index in [1.807, 2.05) is 12.4 Å². The largest absolute Gasteiger partial charge is 0.361 e. The Morgan fingerprint density at radius 3 is 2.82 bits per heavy atom. The lowest BCUT2D eigenvalue weighted by atomic mass is 10.00. The van der Waals surface area contributed by atoms with Gasteiger partial charge in [0.15, 0.2) is 0 Å². The summed E-state index contributed by atoms with van der Waals surface area (Å²) in [5, 5.41) is 1.36. The first-order valence-electron chi connectivity index (χ1n) is 8.02. The van der Waals surface area contributed by atoms with Crippen LogP contribution in [-0.2, 0) is 6.42 Å². The number of nitrogens with zero attached hydrogens (tertiary/aromatic N) is 2. The van der Waals surface area contributed by atoms with E-state index in [1.54, 1.807) is 0 Å². The summed E-state index contributed by atoms with van der Waals surface area (Å²) >= 11 is 0. The average molecular weight is 291 g/mol. The molecule has 3 heterocycles. The molecular formula is C19H21N3. The molecule has 1 saturated heterocycles. The van der Waals surface area contributed by atoms with Gasteiger partial charge in [0.2, 0.25) is 0 Å². The van der Waals surface area contributed by atoms with Crippen molar-refractivity contribution < 1.29 is 0 Å². The number of rotatable bonds is 3. The molecule has 1 aliphatic heterocycles. The number of H-pyrrole nitrogens is 1. The zero-order chi connectivity index (χ0) is 14.9. The molecule has 4 rings (SSSR count). The van der Waals surface area contributed by atoms with Crippen LogP contribution in [0.5, 0.6) is 0 Å². The monoisotopic (exact) mass is 291 g/mol. The maximum Gasteiger partial charge on any atom is 0.0457 e. The molecule has 2 aromatic heterocycles. The number of likely N-dealkylation sites (N-methyl/N-ethyl adjacent to an activating group) is 1. The van der Waals surface area contributed by atoms with Gasteiger partial charge in [0.1, 0.15) is 0 Å². The predicted octanol–water partition coefficient (Wildman–Crippen LogP) is 3.87. The number of nitrogens with one attached hydrogen (secondary N) is 1. The number of fused-ring (bicyclic) bond motifs is 1. The quantitative estimate of drug-likeness (QED) is 0.794. The van der Waals surface area contributed by atoms with Crippen molar-refractivity contribution in [3.05, 3.63) is 54.5 Å². The zero-order valence-corrected chi connectivity index (χ0v) is 12.9. The highest BCUT2D eigenvalue weighted by Gasteiger charge is 2.22. The molecule has 1 N–H and O–H groups in total. The summed E-state index contributed by atoms with van der Waals surface area (Å²) in [7, 11) is 2.24. The van der Waals surface area contributed by atoms with Crippen LogP contribution in [0.4, 0.5) is 0 Å². The van der Waals surface area contributed by atoms with Gasteiger partial charge in [-0.1, -0.05) is 6.07 Å². The van der Waals surface area contributed by atoms with Crippen LogP contribution in [0, 0.1) is 0 Å². The molecule has 3 heteroatoms. The molecule has 0 radical (unpaired) electrons. The van der Waals surface area contributed by atoms with E-state index < -0.39 is 0 Å². The predicted molar refractivity (Wildman–Crippen MR) is 90.9 cm³/mol. The average Bonchev–Trinajstić information content (AvgIpc) is 3.15. The van der Waals surface area contributed by atoms with E-state index in [2.05, 4.69) is 58.4 Å². The SMILES string of the molecule is CN1CCC[C@@H]1Cc1c[nH]c2ccc(-c3ccncc3)cc12. The fourth-order valence-corrected chi connectivity index (χ4v) is 3.56. The highest BCUT2D eigenvalue weighted by atomic mass is 15.1. The molecule has 3 nitrogen and oxygen atoms in total. The van der Waals surface area contributed by atoms with Gasteiger partial charge in [-0.05, 0) is 73.8 Å². The van der Waals surface area contributed by atoms with Gasteiger partial charge in [0.25, 0.3) is 0 Å². The topological polar surface area (TPSA) is 31.9 Å². The zero-order valence-electron chi connectivity index (χ0n) is 12.9. The number of benzene rings is 1. The van der Waals surface area contributed by atoms with E-state index in [0.29, 0.717) is 6.04 Å². The molecule has 1 aromatic carbocycles. The third kappa shape index (κ3) is 2.42. The highest BCUT2D eigenvalue weighted by Crippen LogP contribution is 2.28. The molecule has 112 valence electrons. The summed E-state index contributed by atoms with van der Waals surface area (Å²) in [5.41, 5.74) is 5.15. The van der Waals surface area contributed by atoms with E-state index in [0.717, 1.165) is 6.42 Å². The van der Waals surface area contributed by atoms with Gasteiger partial charge in [-0.15, -0.1) is 0 Å². The van der Waals surface area contributed by atoms with E-state index in [1.165, 1.54) is 47.0 Å². The van der Waals surface area contributed by atoms with E-state index in [9.17, 15) is 0 Å². The molecule has 0 spiro atoms. The van der Waals surface area contributed by atoms with Crippen molar-refractivity contribution in [3.63, 3.8) is 0 Å². The summed E-state index contributed by atoms with van der Waals surface area (Å²) in [6.45, 7) is 1.23. The van der Waals surface area contributed by atoms with Crippen molar-refractivity contribution in [2.75, 3.05) is 13.6 Å². The minimum atomic E-state index is 0.684. The minimum absolute atomic E-state index is 0.684. The Kier molecular flexibility index (Phi) is 3.43. The molecule has 0 amide bonds. The first-order chi connectivity index (χ1) is 10.8. The second-order valence-electron chi connectivity index (χ2n) is 6.29. The number of pyridine rings is 1. The molecule has 1 atom stereocenters. The van der Waals surface area contributed by atoms with Crippen LogP contribution >= 0.6 is 0 Å². The van der Waals surface area contributed by atoms with Gasteiger partial charge in [-0.3, -0.25) is 4.98 Å². The first kappa shape index (κ1) is 13.5. The van der Waals surface area contributed by atoms with Crippen LogP contribution in [0.3, 0.4) is 0 Å². The molecule has 1 fully saturated rings. The Morgan fingerprint density at radius 2 is 2.05 bits per heavy atom. The lowest BCUT2D eigenvalue weighted by Gasteiger charge is -2.18. The van der Waals surface area contributed by atoms with Crippen LogP contribution < -0.4 is 0 Å². The number of hydrogen-bond donors (Lipinski definition) is 1. The van der Waals surface area contributed by atoms with Gasteiger partial charge in [0, 0.05) is 35.5 Å². The molecule has 0 unspecified atom stereocenters. The van der Waals surface area contributed by atoms with Gasteiger partial charge in [-0.25, -0.2) is 0 Å². The highest BCUT2D eigenvalue weighted by molar-refractivity contribution is 5.88. The third-order valence-corrected chi connectivity index (χ3v) is 4.91. The molecule has 0 aliphatic carbocycles. The van der Waals surface area contributed by atoms with Crippen molar-refractivity contribution in [2.45, 2.75) is 25.3 Å². The van der Waals surface area contributed by atoms with Crippen molar-refractivity contribution in [2.24, 2.45) is 0 Å². The Labute approximate surface area is 131 Å². The summed E-state index contributed by atoms with van der Waals surface area (Å²) in [6.07, 6.45) is 9.67. The minimum Gasteiger partial charge on any atom is -0.361 e. The second-order valence-corrected chi connectivity index (χ2v) is 6.29. The summed E-state index contributed by atoms with van der Waals surface area (Å²) < 4.78 is 0. The smallest absolute Gasteiger partial charge is 0.0457 e. The Morgan fingerprint density at radius 1 is 1.18 bits per heavy atom. The Hall–Kier alpha value is -2.13. The summed E-state index contributed by atoms with van der Waals surface area (Å²) in [5.74, 6) is 0. The molecule has 0 bridgehead atoms. The standard InChI is InChI=1S/C19H21N3/c1-22-10-2-3-17(22)11-16-13-21-19-5-4-15(12-18(16)19)14-6-8-20-9-7-14/h4-9,12-13,17,21H,2-3,10-11H2,1H3/t17-/m1/s1. The maximum atomic E-state index is 4.11. The van der Waals surface area contributed by atoms with Crippen LogP contribution in [0.1, 0.15) is 18.4 Å². The number of aromatic nitrogens is 2. The van der Waals surface area contributed by atoms with Gasteiger partial charge in [-0.2, -0.15) is 0 Å². The van der Waals surface area contributed by atoms with Crippen molar-refractivity contribution in [1.82, 2.24) is 14.9 Å². The van der Waals surface area contributed by atoms with Crippen molar-refractivity contribution in [3.8, 4) is 11.1 Å². The Balaban J connectivity index is 1.71. The van der Waals surface area contributed by atoms with E-state index >= 15 is 0 Å². The van der Waals surface area contributed by atoms with Crippen LogP contribution in [0.2, 0.25) is 0 Å². The lowest BCUT2D eigenvalue weighted by molar-refractivity contribution is 0.310. The summed E-state index contributed by atoms with van der Waals surface area (Å²) in [4.78, 5) is 10.0. The maximum absolute atomic E-state index is 4.11. The van der Waals surface area contributed by atoms with Gasteiger partial charge >= 0.3 is 0 Å². The lowest BCUT2D eigenvalue weighted by Crippen LogP contribution is -2.26. The van der Waals surface area contributed by atoms with Gasteiger partial charge in [0.05, 0.1) is 0 Å². The van der Waals surface area contributed by atoms with Crippen molar-refractivity contribution in [1.29, 1.82) is 0 Å². The van der Waals surface area contributed by atoms with Crippen LogP contribution in [0.15, 0.2) is 48.9 Å². The second kappa shape index (κ2) is 5.58. The number of aromatic amines is 1. The molecule has 22 heavy (non-hydrogen) atoms. The molecule has 0 saturated carbocycles. The normalized spacial score (nSPS) is 19.0. The van der Waals surface area contributed by atoms with Gasteiger partial charge < -0.3 is 9.88 Å². The number of hydrogen-bond acceptors (Lipinski definition) is 2. The Bertz CT molecular complexity index is 776.